The summed E-state index contributed by atoms with van der Waals surface area (Å²) < 4.78 is 9.69. The van der Waals surface area contributed by atoms with E-state index in [9.17, 15) is 4.79 Å². The molecule has 1 aromatic heterocycles. The molecule has 4 heteroatoms. The van der Waals surface area contributed by atoms with E-state index in [2.05, 4.69) is 123 Å². The van der Waals surface area contributed by atoms with Crippen LogP contribution in [0.2, 0.25) is 0 Å². The van der Waals surface area contributed by atoms with Crippen molar-refractivity contribution in [2.24, 2.45) is 0 Å². The number of imidazole rings is 1. The molecule has 0 fully saturated rings. The normalized spacial score (nSPS) is 11.5. The molecule has 4 aromatic carbocycles. The van der Waals surface area contributed by atoms with Crippen LogP contribution in [0.3, 0.4) is 0 Å². The van der Waals surface area contributed by atoms with Gasteiger partial charge in [-0.3, -0.25) is 0 Å². The van der Waals surface area contributed by atoms with Crippen molar-refractivity contribution in [2.45, 2.75) is 79.1 Å². The summed E-state index contributed by atoms with van der Waals surface area (Å²) in [7, 11) is 0. The van der Waals surface area contributed by atoms with Crippen molar-refractivity contribution in [3.8, 4) is 21.4 Å². The number of carbonyl (C=O) groups is 1. The SMILES string of the molecule is CC(C)c1cccc(C(C)C)c1-n1ccn(-c2c(C(C)C)cccc2C(C)C)[c]1=[Au][C]#Cc1cccc(C(=O)c2ccccc2)c1. The van der Waals surface area contributed by atoms with Crippen LogP contribution in [0.1, 0.15) is 123 Å². The van der Waals surface area contributed by atoms with E-state index in [0.717, 1.165) is 5.56 Å². The van der Waals surface area contributed by atoms with Crippen LogP contribution < -0.4 is 0 Å². The van der Waals surface area contributed by atoms with Crippen LogP contribution in [0.25, 0.3) is 11.4 Å². The summed E-state index contributed by atoms with van der Waals surface area (Å²) in [4.78, 5) is 13.2. The third-order valence-electron chi connectivity index (χ3n) is 8.34. The molecule has 0 spiro atoms. The van der Waals surface area contributed by atoms with E-state index in [1.54, 1.807) is 0 Å². The Labute approximate surface area is 284 Å². The van der Waals surface area contributed by atoms with E-state index in [-0.39, 0.29) is 5.78 Å². The fourth-order valence-corrected chi connectivity index (χ4v) is 7.94. The number of carbonyl (C=O) groups excluding carboxylic acids is 1. The summed E-state index contributed by atoms with van der Waals surface area (Å²) in [5.74, 6) is 4.96. The second-order valence-corrected chi connectivity index (χ2v) is 15.1. The van der Waals surface area contributed by atoms with E-state index in [4.69, 9.17) is 0 Å². The Morgan fingerprint density at radius 2 is 1.00 bits per heavy atom. The van der Waals surface area contributed by atoms with Gasteiger partial charge in [0, 0.05) is 0 Å². The van der Waals surface area contributed by atoms with Gasteiger partial charge in [0.1, 0.15) is 0 Å². The van der Waals surface area contributed by atoms with Crippen LogP contribution in [0, 0.1) is 13.7 Å². The predicted octanol–water partition coefficient (Wildman–Crippen LogP) is 10.6. The van der Waals surface area contributed by atoms with Crippen LogP contribution in [0.15, 0.2) is 103 Å². The molecule has 240 valence electrons. The van der Waals surface area contributed by atoms with Crippen LogP contribution in [0.4, 0.5) is 0 Å². The summed E-state index contributed by atoms with van der Waals surface area (Å²) in [6.45, 7) is 18.2. The first-order valence-corrected chi connectivity index (χ1v) is 18.4. The van der Waals surface area contributed by atoms with Crippen molar-refractivity contribution in [3.63, 3.8) is 0 Å². The van der Waals surface area contributed by atoms with Gasteiger partial charge in [-0.15, -0.1) is 0 Å². The summed E-state index contributed by atoms with van der Waals surface area (Å²) in [5.41, 5.74) is 10.2. The first-order valence-electron chi connectivity index (χ1n) is 16.2. The number of para-hydroxylation sites is 2. The predicted molar refractivity (Wildman–Crippen MR) is 188 cm³/mol. The molecule has 0 aliphatic heterocycles. The molecule has 0 atom stereocenters. The third kappa shape index (κ3) is 7.06. The quantitative estimate of drug-likeness (QED) is 0.0874. The van der Waals surface area contributed by atoms with E-state index in [1.165, 1.54) is 37.3 Å². The Balaban J connectivity index is 1.76. The van der Waals surface area contributed by atoms with Crippen LogP contribution in [-0.2, 0) is 19.3 Å². The number of benzene rings is 4. The molecule has 0 amide bonds. The van der Waals surface area contributed by atoms with Gasteiger partial charge < -0.3 is 0 Å². The Bertz CT molecular complexity index is 1840. The molecule has 0 N–H and O–H groups in total. The topological polar surface area (TPSA) is 26.9 Å². The van der Waals surface area contributed by atoms with Crippen molar-refractivity contribution in [1.29, 1.82) is 0 Å². The maximum absolute atomic E-state index is 13.2. The van der Waals surface area contributed by atoms with Gasteiger partial charge in [-0.05, 0) is 0 Å². The zero-order valence-corrected chi connectivity index (χ0v) is 30.4. The van der Waals surface area contributed by atoms with Gasteiger partial charge in [-0.25, -0.2) is 0 Å². The van der Waals surface area contributed by atoms with Gasteiger partial charge in [0.05, 0.1) is 0 Å². The van der Waals surface area contributed by atoms with Crippen molar-refractivity contribution >= 4 is 5.78 Å². The van der Waals surface area contributed by atoms with Crippen molar-refractivity contribution in [2.75, 3.05) is 0 Å². The number of hydrogen-bond acceptors (Lipinski definition) is 1. The average molecular weight is 791 g/mol. The second kappa shape index (κ2) is 14.7. The van der Waals surface area contributed by atoms with Gasteiger partial charge in [-0.1, -0.05) is 0 Å². The van der Waals surface area contributed by atoms with E-state index in [0.29, 0.717) is 34.8 Å². The average Bonchev–Trinajstić information content (AvgIpc) is 3.47. The molecule has 0 bridgehead atoms. The monoisotopic (exact) mass is 790 g/mol. The minimum atomic E-state index is -0.624. The number of ketones is 1. The zero-order chi connectivity index (χ0) is 33.0. The molecule has 1 heterocycles. The van der Waals surface area contributed by atoms with Crippen molar-refractivity contribution in [3.05, 3.63) is 146 Å². The van der Waals surface area contributed by atoms with Gasteiger partial charge in [0.25, 0.3) is 0 Å². The first kappa shape index (κ1) is 33.4. The minimum absolute atomic E-state index is 0.0163. The van der Waals surface area contributed by atoms with Gasteiger partial charge >= 0.3 is 285 Å². The molecule has 0 aliphatic rings. The maximum atomic E-state index is 13.2. The summed E-state index contributed by atoms with van der Waals surface area (Å²) in [5, 5.41) is 0. The first-order chi connectivity index (χ1) is 22.1. The third-order valence-corrected chi connectivity index (χ3v) is 10.4. The molecule has 0 radical (unpaired) electrons. The van der Waals surface area contributed by atoms with Crippen molar-refractivity contribution in [1.82, 2.24) is 9.13 Å². The van der Waals surface area contributed by atoms with Crippen LogP contribution >= 0.6 is 0 Å². The molecule has 0 aliphatic carbocycles. The number of hydrogen-bond donors (Lipinski definition) is 0. The molecule has 46 heavy (non-hydrogen) atoms. The fourth-order valence-electron chi connectivity index (χ4n) is 5.92. The van der Waals surface area contributed by atoms with Gasteiger partial charge in [-0.2, -0.15) is 0 Å². The standard InChI is InChI=1S/C27H36N2.C15H9O.Au/c1-18(2)22-11-9-12-23(19(3)4)26(22)28-15-16-29(17-28)27-24(20(5)6)13-10-14-25(27)21(7)8;1-2-12-7-6-10-14(11-12)15(16)13-8-4-3-5-9-13;/h9-16,18-21H,1-8H3;3-11H;. The van der Waals surface area contributed by atoms with Crippen LogP contribution in [0.5, 0.6) is 0 Å². The second-order valence-electron chi connectivity index (χ2n) is 13.0. The zero-order valence-electron chi connectivity index (χ0n) is 28.2. The Kier molecular flexibility index (Phi) is 10.6. The molecule has 5 aromatic rings. The van der Waals surface area contributed by atoms with Crippen LogP contribution in [-0.4, -0.2) is 14.9 Å². The fraction of sp³-hybridized carbons (Fsp3) is 0.286. The molecular weight excluding hydrogens is 745 g/mol. The molecule has 0 saturated carbocycles. The molecule has 0 unspecified atom stereocenters. The number of rotatable bonds is 8. The summed E-state index contributed by atoms with van der Waals surface area (Å²) >= 11 is -0.624. The number of aromatic nitrogens is 2. The van der Waals surface area contributed by atoms with E-state index < -0.39 is 19.3 Å². The molecular formula is C42H45AuN2O. The van der Waals surface area contributed by atoms with Crippen molar-refractivity contribution < 1.29 is 24.1 Å². The molecule has 5 rings (SSSR count). The summed E-state index contributed by atoms with van der Waals surface area (Å²) in [6.07, 6.45) is 4.50. The Morgan fingerprint density at radius 3 is 1.46 bits per heavy atom. The Hall–Kier alpha value is -3.94. The molecule has 0 saturated heterocycles. The Morgan fingerprint density at radius 1 is 0.565 bits per heavy atom. The van der Waals surface area contributed by atoms with Gasteiger partial charge in [0.15, 0.2) is 0 Å². The van der Waals surface area contributed by atoms with Gasteiger partial charge in [0.2, 0.25) is 0 Å². The summed E-state index contributed by atoms with van der Waals surface area (Å²) in [6, 6.07) is 30.7. The number of nitrogens with zero attached hydrogens (tertiary/aromatic N) is 2. The van der Waals surface area contributed by atoms with E-state index in [1.807, 2.05) is 54.6 Å². The van der Waals surface area contributed by atoms with E-state index >= 15 is 0 Å². The molecule has 3 nitrogen and oxygen atoms in total.